The zero-order valence-corrected chi connectivity index (χ0v) is 13.1. The standard InChI is InChI=1S/C14H18F3NO2S/c1-9(18-21(20)13(2,3)4)10-6-5-7-11(12(10)15)14(16,17)8-19/h5-7,19H,8H2,1-4H3/t21-/m1/s1. The lowest BCUT2D eigenvalue weighted by atomic mass is 10.0. The Kier molecular flexibility index (Phi) is 5.46. The second-order valence-electron chi connectivity index (χ2n) is 5.57. The topological polar surface area (TPSA) is 55.7 Å². The zero-order chi connectivity index (χ0) is 16.4. The third kappa shape index (κ3) is 4.21. The number of alkyl halides is 2. The van der Waals surface area contributed by atoms with Crippen molar-refractivity contribution in [1.29, 1.82) is 0 Å². The summed E-state index contributed by atoms with van der Waals surface area (Å²) in [7, 11) is 0. The van der Waals surface area contributed by atoms with Crippen molar-refractivity contribution in [2.75, 3.05) is 6.61 Å². The molecule has 0 bridgehead atoms. The molecule has 0 saturated carbocycles. The molecular weight excluding hydrogens is 303 g/mol. The summed E-state index contributed by atoms with van der Waals surface area (Å²) in [5, 5.41) is 8.66. The minimum atomic E-state index is -3.68. The van der Waals surface area contributed by atoms with Gasteiger partial charge in [-0.15, -0.1) is 0 Å². The van der Waals surface area contributed by atoms with E-state index in [2.05, 4.69) is 4.40 Å². The van der Waals surface area contributed by atoms with E-state index >= 15 is 0 Å². The molecule has 0 amide bonds. The SMILES string of the molecule is CC(=N[S@+]([O-])C(C)(C)C)c1cccc(C(F)(F)CO)c1F. The van der Waals surface area contributed by atoms with Crippen molar-refractivity contribution in [1.82, 2.24) is 0 Å². The largest absolute Gasteiger partial charge is 0.591 e. The molecule has 0 unspecified atom stereocenters. The van der Waals surface area contributed by atoms with Gasteiger partial charge in [0.1, 0.15) is 28.5 Å². The number of rotatable bonds is 4. The van der Waals surface area contributed by atoms with Crippen LogP contribution in [0.25, 0.3) is 0 Å². The number of benzene rings is 1. The lowest BCUT2D eigenvalue weighted by Crippen LogP contribution is -2.27. The van der Waals surface area contributed by atoms with Crippen LogP contribution in [0.5, 0.6) is 0 Å². The van der Waals surface area contributed by atoms with E-state index < -0.39 is 40.0 Å². The maximum absolute atomic E-state index is 14.2. The van der Waals surface area contributed by atoms with Gasteiger partial charge < -0.3 is 9.66 Å². The van der Waals surface area contributed by atoms with E-state index in [4.69, 9.17) is 5.11 Å². The molecule has 0 fully saturated rings. The van der Waals surface area contributed by atoms with Gasteiger partial charge in [0.25, 0.3) is 5.92 Å². The van der Waals surface area contributed by atoms with Crippen LogP contribution in [-0.2, 0) is 17.3 Å². The number of hydrogen-bond donors (Lipinski definition) is 1. The van der Waals surface area contributed by atoms with Crippen molar-refractivity contribution in [2.45, 2.75) is 38.4 Å². The van der Waals surface area contributed by atoms with E-state index in [9.17, 15) is 17.7 Å². The summed E-state index contributed by atoms with van der Waals surface area (Å²) in [6, 6.07) is 3.43. The molecule has 1 rings (SSSR count). The first-order valence-corrected chi connectivity index (χ1v) is 7.36. The normalized spacial score (nSPS) is 15.2. The van der Waals surface area contributed by atoms with E-state index in [0.29, 0.717) is 0 Å². The van der Waals surface area contributed by atoms with E-state index in [0.717, 1.165) is 6.07 Å². The lowest BCUT2D eigenvalue weighted by molar-refractivity contribution is -0.0582. The molecule has 0 aliphatic heterocycles. The van der Waals surface area contributed by atoms with Crippen LogP contribution in [0.15, 0.2) is 22.6 Å². The van der Waals surface area contributed by atoms with Gasteiger partial charge in [-0.05, 0) is 33.8 Å². The molecule has 0 saturated heterocycles. The first-order valence-electron chi connectivity index (χ1n) is 6.26. The first kappa shape index (κ1) is 18.0. The zero-order valence-electron chi connectivity index (χ0n) is 12.3. The molecule has 0 heterocycles. The molecule has 0 spiro atoms. The second-order valence-corrected chi connectivity index (χ2v) is 7.47. The maximum Gasteiger partial charge on any atom is 0.298 e. The molecule has 1 aromatic rings. The second kappa shape index (κ2) is 6.37. The molecule has 1 N–H and O–H groups in total. The number of halogens is 3. The summed E-state index contributed by atoms with van der Waals surface area (Å²) in [6.45, 7) is 5.02. The summed E-state index contributed by atoms with van der Waals surface area (Å²) in [4.78, 5) is 0. The monoisotopic (exact) mass is 321 g/mol. The van der Waals surface area contributed by atoms with Crippen molar-refractivity contribution in [2.24, 2.45) is 4.40 Å². The minimum Gasteiger partial charge on any atom is -0.591 e. The van der Waals surface area contributed by atoms with Gasteiger partial charge >= 0.3 is 0 Å². The molecule has 0 aromatic heterocycles. The number of aliphatic hydroxyl groups is 1. The fraction of sp³-hybridized carbons (Fsp3) is 0.500. The molecule has 0 aliphatic rings. The molecule has 0 aliphatic carbocycles. The fourth-order valence-electron chi connectivity index (χ4n) is 1.49. The van der Waals surface area contributed by atoms with E-state index in [1.54, 1.807) is 20.8 Å². The summed E-state index contributed by atoms with van der Waals surface area (Å²) in [6.07, 6.45) is 0. The molecule has 21 heavy (non-hydrogen) atoms. The summed E-state index contributed by atoms with van der Waals surface area (Å²) in [5.74, 6) is -4.84. The summed E-state index contributed by atoms with van der Waals surface area (Å²) < 4.78 is 56.2. The highest BCUT2D eigenvalue weighted by Crippen LogP contribution is 2.31. The van der Waals surface area contributed by atoms with Crippen LogP contribution in [-0.4, -0.2) is 26.7 Å². The molecular formula is C14H18F3NO2S. The van der Waals surface area contributed by atoms with Crippen LogP contribution >= 0.6 is 0 Å². The Morgan fingerprint density at radius 2 is 1.90 bits per heavy atom. The van der Waals surface area contributed by atoms with Crippen molar-refractivity contribution < 1.29 is 22.8 Å². The maximum atomic E-state index is 14.2. The van der Waals surface area contributed by atoms with Gasteiger partial charge in [-0.25, -0.2) is 4.39 Å². The summed E-state index contributed by atoms with van der Waals surface area (Å²) in [5.41, 5.74) is -0.992. The number of nitrogens with zero attached hydrogens (tertiary/aromatic N) is 1. The molecule has 1 aromatic carbocycles. The fourth-order valence-corrected chi connectivity index (χ4v) is 2.11. The average molecular weight is 321 g/mol. The van der Waals surface area contributed by atoms with Gasteiger partial charge in [0.2, 0.25) is 0 Å². The molecule has 1 atom stereocenters. The third-order valence-electron chi connectivity index (χ3n) is 2.72. The Morgan fingerprint density at radius 3 is 2.38 bits per heavy atom. The van der Waals surface area contributed by atoms with Gasteiger partial charge in [0.05, 0.1) is 11.3 Å². The van der Waals surface area contributed by atoms with Crippen LogP contribution in [0.4, 0.5) is 13.2 Å². The molecule has 0 radical (unpaired) electrons. The Morgan fingerprint density at radius 1 is 1.33 bits per heavy atom. The number of aliphatic hydroxyl groups excluding tert-OH is 1. The quantitative estimate of drug-likeness (QED) is 0.684. The predicted octanol–water partition coefficient (Wildman–Crippen LogP) is 3.18. The van der Waals surface area contributed by atoms with Gasteiger partial charge in [-0.1, -0.05) is 16.5 Å². The lowest BCUT2D eigenvalue weighted by Gasteiger charge is -2.19. The van der Waals surface area contributed by atoms with Crippen LogP contribution in [0.3, 0.4) is 0 Å². The van der Waals surface area contributed by atoms with Gasteiger partial charge in [0, 0.05) is 5.56 Å². The number of hydrogen-bond acceptors (Lipinski definition) is 3. The molecule has 3 nitrogen and oxygen atoms in total. The van der Waals surface area contributed by atoms with Crippen molar-refractivity contribution >= 4 is 17.1 Å². The minimum absolute atomic E-state index is 0.0661. The van der Waals surface area contributed by atoms with E-state index in [1.165, 1.54) is 19.1 Å². The van der Waals surface area contributed by atoms with E-state index in [-0.39, 0.29) is 11.3 Å². The highest BCUT2D eigenvalue weighted by molar-refractivity contribution is 7.91. The van der Waals surface area contributed by atoms with Crippen LogP contribution < -0.4 is 0 Å². The Balaban J connectivity index is 3.27. The smallest absolute Gasteiger partial charge is 0.298 e. The Bertz CT molecular complexity index is 542. The van der Waals surface area contributed by atoms with Crippen molar-refractivity contribution in [3.63, 3.8) is 0 Å². The molecule has 7 heteroatoms. The molecule has 118 valence electrons. The highest BCUT2D eigenvalue weighted by atomic mass is 32.2. The predicted molar refractivity (Wildman–Crippen MR) is 77.5 cm³/mol. The first-order chi connectivity index (χ1) is 9.50. The van der Waals surface area contributed by atoms with Gasteiger partial charge in [-0.3, -0.25) is 0 Å². The highest BCUT2D eigenvalue weighted by Gasteiger charge is 2.35. The van der Waals surface area contributed by atoms with Crippen molar-refractivity contribution in [3.8, 4) is 0 Å². The van der Waals surface area contributed by atoms with Crippen LogP contribution in [0, 0.1) is 5.82 Å². The summed E-state index contributed by atoms with van der Waals surface area (Å²) >= 11 is -1.62. The average Bonchev–Trinajstić information content (AvgIpc) is 2.37. The third-order valence-corrected chi connectivity index (χ3v) is 4.21. The van der Waals surface area contributed by atoms with Gasteiger partial charge in [-0.2, -0.15) is 8.78 Å². The van der Waals surface area contributed by atoms with Gasteiger partial charge in [0.15, 0.2) is 0 Å². The Labute approximate surface area is 125 Å². The van der Waals surface area contributed by atoms with Crippen LogP contribution in [0.1, 0.15) is 38.8 Å². The Hall–Kier alpha value is -1.05. The van der Waals surface area contributed by atoms with Crippen molar-refractivity contribution in [3.05, 3.63) is 35.1 Å². The van der Waals surface area contributed by atoms with Crippen LogP contribution in [0.2, 0.25) is 0 Å². The van der Waals surface area contributed by atoms with E-state index in [1.807, 2.05) is 0 Å².